The average molecular weight is 207 g/mol. The van der Waals surface area contributed by atoms with Gasteiger partial charge in [0.05, 0.1) is 0 Å². The van der Waals surface area contributed by atoms with E-state index in [1.165, 1.54) is 4.35 Å². The predicted molar refractivity (Wildman–Crippen MR) is 48.3 cm³/mol. The average Bonchev–Trinajstić information content (AvgIpc) is 2.04. The van der Waals surface area contributed by atoms with Crippen molar-refractivity contribution in [3.05, 3.63) is 29.8 Å². The molecule has 0 bridgehead atoms. The molecule has 0 aliphatic rings. The molecule has 0 aliphatic heterocycles. The fourth-order valence-corrected chi connectivity index (χ4v) is 3.04. The SMILES string of the molecule is C[As](C)c1ccccc1C#N. The molecular formula is C9H10AsN. The van der Waals surface area contributed by atoms with E-state index in [9.17, 15) is 0 Å². The number of hydrogen-bond acceptors (Lipinski definition) is 1. The maximum atomic E-state index is 8.74. The van der Waals surface area contributed by atoms with Gasteiger partial charge in [0.25, 0.3) is 0 Å². The van der Waals surface area contributed by atoms with Crippen molar-refractivity contribution in [2.24, 2.45) is 0 Å². The minimum absolute atomic E-state index is 0.859. The molecule has 0 saturated heterocycles. The summed E-state index contributed by atoms with van der Waals surface area (Å²) in [6, 6.07) is 10.1. The Labute approximate surface area is 71.9 Å². The molecule has 1 aromatic rings. The topological polar surface area (TPSA) is 23.8 Å². The minimum atomic E-state index is -0.871. The van der Waals surface area contributed by atoms with E-state index < -0.39 is 14.7 Å². The molecule has 0 atom stereocenters. The fraction of sp³-hybridized carbons (Fsp3) is 0.222. The standard InChI is InChI=1S/C9H10AsN/c1-10(2)9-6-4-3-5-8(9)7-11/h3-6H,1-2H3. The molecule has 0 amide bonds. The molecule has 2 heteroatoms. The zero-order chi connectivity index (χ0) is 8.27. The van der Waals surface area contributed by atoms with Crippen molar-refractivity contribution in [3.8, 4) is 6.07 Å². The van der Waals surface area contributed by atoms with Gasteiger partial charge in [0.1, 0.15) is 0 Å². The van der Waals surface area contributed by atoms with Gasteiger partial charge < -0.3 is 0 Å². The van der Waals surface area contributed by atoms with Crippen LogP contribution in [0.3, 0.4) is 0 Å². The summed E-state index contributed by atoms with van der Waals surface area (Å²) < 4.78 is 1.28. The molecule has 1 nitrogen and oxygen atoms in total. The first-order chi connectivity index (χ1) is 5.25. The van der Waals surface area contributed by atoms with E-state index in [0.29, 0.717) is 0 Å². The Bertz CT molecular complexity index is 286. The van der Waals surface area contributed by atoms with Crippen LogP contribution in [0.25, 0.3) is 0 Å². The molecule has 0 aliphatic carbocycles. The molecule has 1 rings (SSSR count). The van der Waals surface area contributed by atoms with Crippen LogP contribution in [-0.4, -0.2) is 14.7 Å². The van der Waals surface area contributed by atoms with E-state index >= 15 is 0 Å². The van der Waals surface area contributed by atoms with Gasteiger partial charge in [-0.05, 0) is 0 Å². The second kappa shape index (κ2) is 3.60. The van der Waals surface area contributed by atoms with Crippen molar-refractivity contribution in [2.75, 3.05) is 0 Å². The van der Waals surface area contributed by atoms with Gasteiger partial charge in [-0.15, -0.1) is 0 Å². The first-order valence-corrected chi connectivity index (χ1v) is 8.11. The van der Waals surface area contributed by atoms with Crippen LogP contribution in [0, 0.1) is 11.3 Å². The van der Waals surface area contributed by atoms with Crippen molar-refractivity contribution < 1.29 is 0 Å². The molecule has 0 unspecified atom stereocenters. The fourth-order valence-electron chi connectivity index (χ4n) is 0.958. The van der Waals surface area contributed by atoms with E-state index in [1.54, 1.807) is 0 Å². The van der Waals surface area contributed by atoms with Crippen molar-refractivity contribution in [1.82, 2.24) is 0 Å². The summed E-state index contributed by atoms with van der Waals surface area (Å²) in [5.74, 6) is 0. The third-order valence-corrected chi connectivity index (χ3v) is 4.35. The summed E-state index contributed by atoms with van der Waals surface area (Å²) >= 11 is -0.871. The predicted octanol–water partition coefficient (Wildman–Crippen LogP) is 1.52. The van der Waals surface area contributed by atoms with Crippen molar-refractivity contribution in [2.45, 2.75) is 11.4 Å². The molecular weight excluding hydrogens is 197 g/mol. The van der Waals surface area contributed by atoms with E-state index in [0.717, 1.165) is 5.56 Å². The normalized spacial score (nSPS) is 9.64. The van der Waals surface area contributed by atoms with Crippen molar-refractivity contribution >= 4 is 19.0 Å². The Morgan fingerprint density at radius 2 is 1.91 bits per heavy atom. The summed E-state index contributed by atoms with van der Waals surface area (Å²) in [6.07, 6.45) is 0. The third-order valence-electron chi connectivity index (χ3n) is 1.51. The first-order valence-electron chi connectivity index (χ1n) is 3.42. The number of hydrogen-bond donors (Lipinski definition) is 0. The zero-order valence-electron chi connectivity index (χ0n) is 6.70. The molecule has 0 heterocycles. The van der Waals surface area contributed by atoms with Gasteiger partial charge in [0, 0.05) is 0 Å². The summed E-state index contributed by atoms with van der Waals surface area (Å²) in [4.78, 5) is 0. The Hall–Kier alpha value is -0.732. The molecule has 0 saturated carbocycles. The Kier molecular flexibility index (Phi) is 2.74. The zero-order valence-corrected chi connectivity index (χ0v) is 8.58. The van der Waals surface area contributed by atoms with E-state index in [1.807, 2.05) is 18.2 Å². The molecule has 0 fully saturated rings. The van der Waals surface area contributed by atoms with Gasteiger partial charge >= 0.3 is 71.6 Å². The Morgan fingerprint density at radius 3 is 2.36 bits per heavy atom. The van der Waals surface area contributed by atoms with Gasteiger partial charge in [-0.25, -0.2) is 0 Å². The number of benzene rings is 1. The monoisotopic (exact) mass is 207 g/mol. The molecule has 0 N–H and O–H groups in total. The van der Waals surface area contributed by atoms with Crippen LogP contribution in [0.15, 0.2) is 24.3 Å². The number of rotatable bonds is 1. The van der Waals surface area contributed by atoms with Gasteiger partial charge in [0.15, 0.2) is 0 Å². The first kappa shape index (κ1) is 8.37. The van der Waals surface area contributed by atoms with Crippen LogP contribution < -0.4 is 4.35 Å². The van der Waals surface area contributed by atoms with Crippen molar-refractivity contribution in [3.63, 3.8) is 0 Å². The maximum absolute atomic E-state index is 8.74. The molecule has 0 spiro atoms. The molecule has 1 aromatic carbocycles. The van der Waals surface area contributed by atoms with Crippen LogP contribution in [-0.2, 0) is 0 Å². The summed E-state index contributed by atoms with van der Waals surface area (Å²) in [6.45, 7) is 0. The third kappa shape index (κ3) is 1.85. The van der Waals surface area contributed by atoms with Crippen LogP contribution in [0.5, 0.6) is 0 Å². The molecule has 11 heavy (non-hydrogen) atoms. The van der Waals surface area contributed by atoms with E-state index in [4.69, 9.17) is 5.26 Å². The second-order valence-corrected chi connectivity index (χ2v) is 7.29. The molecule has 0 aromatic heterocycles. The van der Waals surface area contributed by atoms with Gasteiger partial charge in [-0.3, -0.25) is 0 Å². The van der Waals surface area contributed by atoms with Gasteiger partial charge in [0.2, 0.25) is 0 Å². The number of nitrogens with zero attached hydrogens (tertiary/aromatic N) is 1. The number of nitriles is 1. The van der Waals surface area contributed by atoms with Crippen molar-refractivity contribution in [1.29, 1.82) is 5.26 Å². The Balaban J connectivity index is 3.15. The van der Waals surface area contributed by atoms with Crippen LogP contribution in [0.4, 0.5) is 0 Å². The quantitative estimate of drug-likeness (QED) is 0.640. The summed E-state index contributed by atoms with van der Waals surface area (Å²) in [5, 5.41) is 8.74. The molecule has 0 radical (unpaired) electrons. The summed E-state index contributed by atoms with van der Waals surface area (Å²) in [5.41, 5.74) is 5.34. The summed E-state index contributed by atoms with van der Waals surface area (Å²) in [7, 11) is 0. The van der Waals surface area contributed by atoms with Crippen LogP contribution in [0.2, 0.25) is 11.4 Å². The van der Waals surface area contributed by atoms with E-state index in [2.05, 4.69) is 23.6 Å². The van der Waals surface area contributed by atoms with Crippen LogP contribution in [0.1, 0.15) is 5.56 Å². The Morgan fingerprint density at radius 1 is 1.27 bits per heavy atom. The van der Waals surface area contributed by atoms with E-state index in [-0.39, 0.29) is 0 Å². The molecule has 56 valence electrons. The second-order valence-electron chi connectivity index (χ2n) is 2.52. The van der Waals surface area contributed by atoms with Gasteiger partial charge in [-0.2, -0.15) is 0 Å². The van der Waals surface area contributed by atoms with Crippen LogP contribution >= 0.6 is 0 Å². The van der Waals surface area contributed by atoms with Gasteiger partial charge in [-0.1, -0.05) is 0 Å².